The van der Waals surface area contributed by atoms with Gasteiger partial charge in [0.1, 0.15) is 22.3 Å². The van der Waals surface area contributed by atoms with Crippen molar-refractivity contribution >= 4 is 65.7 Å². The first kappa shape index (κ1) is 24.2. The van der Waals surface area contributed by atoms with E-state index in [0.717, 1.165) is 76.8 Å². The zero-order chi connectivity index (χ0) is 29.5. The van der Waals surface area contributed by atoms with Crippen LogP contribution in [-0.2, 0) is 0 Å². The fourth-order valence-electron chi connectivity index (χ4n) is 6.70. The summed E-state index contributed by atoms with van der Waals surface area (Å²) in [5.41, 5.74) is 6.95. The van der Waals surface area contributed by atoms with E-state index in [-0.39, 0.29) is 0 Å². The molecular formula is C39H22N4O2. The average molecular weight is 579 g/mol. The van der Waals surface area contributed by atoms with Crippen molar-refractivity contribution in [1.29, 1.82) is 0 Å². The number of hydrogen-bond acceptors (Lipinski definition) is 5. The van der Waals surface area contributed by atoms with Crippen LogP contribution in [0.1, 0.15) is 0 Å². The summed E-state index contributed by atoms with van der Waals surface area (Å²) in [5, 5.41) is 6.38. The smallest absolute Gasteiger partial charge is 0.238 e. The molecule has 10 rings (SSSR count). The molecule has 6 heteroatoms. The molecule has 0 aliphatic carbocycles. The third kappa shape index (κ3) is 3.48. The van der Waals surface area contributed by atoms with Crippen molar-refractivity contribution in [2.45, 2.75) is 0 Å². The average Bonchev–Trinajstić information content (AvgIpc) is 3.78. The van der Waals surface area contributed by atoms with Crippen molar-refractivity contribution in [2.75, 3.05) is 0 Å². The van der Waals surface area contributed by atoms with Crippen LogP contribution in [0.4, 0.5) is 0 Å². The lowest BCUT2D eigenvalue weighted by molar-refractivity contribution is 0.669. The van der Waals surface area contributed by atoms with Gasteiger partial charge in [0, 0.05) is 32.5 Å². The number of nitrogens with zero attached hydrogens (tertiary/aromatic N) is 4. The number of hydrogen-bond donors (Lipinski definition) is 0. The van der Waals surface area contributed by atoms with Gasteiger partial charge in [-0.15, -0.1) is 0 Å². The van der Waals surface area contributed by atoms with Crippen LogP contribution in [0.15, 0.2) is 142 Å². The monoisotopic (exact) mass is 578 g/mol. The molecule has 0 unspecified atom stereocenters. The Morgan fingerprint density at radius 1 is 0.444 bits per heavy atom. The minimum absolute atomic E-state index is 0.524. The van der Waals surface area contributed by atoms with Gasteiger partial charge in [-0.2, -0.15) is 9.97 Å². The molecule has 0 aliphatic rings. The molecule has 0 saturated carbocycles. The second-order valence-electron chi connectivity index (χ2n) is 11.2. The van der Waals surface area contributed by atoms with E-state index in [9.17, 15) is 0 Å². The summed E-state index contributed by atoms with van der Waals surface area (Å²) in [6, 6.07) is 45.0. The van der Waals surface area contributed by atoms with Gasteiger partial charge in [0.15, 0.2) is 11.6 Å². The first-order chi connectivity index (χ1) is 22.3. The fourth-order valence-corrected chi connectivity index (χ4v) is 6.70. The topological polar surface area (TPSA) is 69.9 Å². The molecule has 6 aromatic carbocycles. The van der Waals surface area contributed by atoms with Gasteiger partial charge < -0.3 is 8.83 Å². The molecule has 0 saturated heterocycles. The van der Waals surface area contributed by atoms with Crippen molar-refractivity contribution in [3.05, 3.63) is 133 Å². The molecular weight excluding hydrogens is 556 g/mol. The van der Waals surface area contributed by atoms with Crippen molar-refractivity contribution < 1.29 is 8.83 Å². The number of rotatable bonds is 3. The minimum Gasteiger partial charge on any atom is -0.456 e. The van der Waals surface area contributed by atoms with E-state index in [1.54, 1.807) is 0 Å². The van der Waals surface area contributed by atoms with Gasteiger partial charge >= 0.3 is 0 Å². The van der Waals surface area contributed by atoms with Gasteiger partial charge in [0.25, 0.3) is 0 Å². The molecule has 0 amide bonds. The Morgan fingerprint density at radius 2 is 1.13 bits per heavy atom. The zero-order valence-corrected chi connectivity index (χ0v) is 23.8. The SMILES string of the molecule is c1ccc(-c2nc(-c3cccc4c3oc3ccccc34)nc(-n3c4ccccc4c4ccc5oc6ccccc6c5c43)n2)cc1. The molecule has 0 spiro atoms. The van der Waals surface area contributed by atoms with Crippen LogP contribution in [0.3, 0.4) is 0 Å². The van der Waals surface area contributed by atoms with Crippen molar-refractivity contribution in [3.63, 3.8) is 0 Å². The lowest BCUT2D eigenvalue weighted by atomic mass is 10.1. The number of aromatic nitrogens is 4. The lowest BCUT2D eigenvalue weighted by Crippen LogP contribution is -2.06. The van der Waals surface area contributed by atoms with E-state index in [2.05, 4.69) is 59.2 Å². The fraction of sp³-hybridized carbons (Fsp3) is 0. The van der Waals surface area contributed by atoms with Gasteiger partial charge in [-0.25, -0.2) is 4.98 Å². The summed E-state index contributed by atoms with van der Waals surface area (Å²) >= 11 is 0. The van der Waals surface area contributed by atoms with Crippen molar-refractivity contribution in [2.24, 2.45) is 0 Å². The Balaban J connectivity index is 1.35. The molecule has 0 N–H and O–H groups in total. The Labute approximate surface area is 255 Å². The third-order valence-electron chi connectivity index (χ3n) is 8.68. The van der Waals surface area contributed by atoms with E-state index in [4.69, 9.17) is 23.8 Å². The number of para-hydroxylation sites is 4. The third-order valence-corrected chi connectivity index (χ3v) is 8.68. The van der Waals surface area contributed by atoms with Gasteiger partial charge in [0.2, 0.25) is 5.95 Å². The Kier molecular flexibility index (Phi) is 4.90. The first-order valence-electron chi connectivity index (χ1n) is 14.9. The summed E-state index contributed by atoms with van der Waals surface area (Å²) in [4.78, 5) is 15.4. The molecule has 10 aromatic rings. The molecule has 6 nitrogen and oxygen atoms in total. The Hall–Kier alpha value is -6.27. The van der Waals surface area contributed by atoms with Crippen LogP contribution in [0, 0.1) is 0 Å². The second kappa shape index (κ2) is 9.11. The first-order valence-corrected chi connectivity index (χ1v) is 14.9. The molecule has 0 aliphatic heterocycles. The molecule has 4 aromatic heterocycles. The maximum atomic E-state index is 6.43. The van der Waals surface area contributed by atoms with Gasteiger partial charge in [-0.3, -0.25) is 4.57 Å². The van der Waals surface area contributed by atoms with Crippen LogP contribution >= 0.6 is 0 Å². The lowest BCUT2D eigenvalue weighted by Gasteiger charge is -2.11. The van der Waals surface area contributed by atoms with Crippen molar-refractivity contribution in [3.8, 4) is 28.7 Å². The quantitative estimate of drug-likeness (QED) is 0.209. The van der Waals surface area contributed by atoms with Crippen LogP contribution < -0.4 is 0 Å². The summed E-state index contributed by atoms with van der Waals surface area (Å²) in [5.74, 6) is 1.65. The molecule has 0 bridgehead atoms. The van der Waals surface area contributed by atoms with Gasteiger partial charge in [0.05, 0.1) is 22.0 Å². The highest BCUT2D eigenvalue weighted by molar-refractivity contribution is 6.24. The molecule has 210 valence electrons. The van der Waals surface area contributed by atoms with Crippen LogP contribution in [-0.4, -0.2) is 19.5 Å². The molecule has 4 heterocycles. The van der Waals surface area contributed by atoms with Crippen LogP contribution in [0.5, 0.6) is 0 Å². The predicted octanol–water partition coefficient (Wildman–Crippen LogP) is 10.1. The summed E-state index contributed by atoms with van der Waals surface area (Å²) < 4.78 is 14.9. The summed E-state index contributed by atoms with van der Waals surface area (Å²) in [6.07, 6.45) is 0. The maximum absolute atomic E-state index is 6.43. The highest BCUT2D eigenvalue weighted by Gasteiger charge is 2.23. The highest BCUT2D eigenvalue weighted by atomic mass is 16.3. The van der Waals surface area contributed by atoms with Gasteiger partial charge in [-0.1, -0.05) is 97.1 Å². The molecule has 0 radical (unpaired) electrons. The number of furan rings is 2. The van der Waals surface area contributed by atoms with E-state index in [1.165, 1.54) is 0 Å². The van der Waals surface area contributed by atoms with Crippen LogP contribution in [0.25, 0.3) is 94.4 Å². The molecule has 0 fully saturated rings. The van der Waals surface area contributed by atoms with E-state index in [0.29, 0.717) is 17.6 Å². The van der Waals surface area contributed by atoms with E-state index < -0.39 is 0 Å². The second-order valence-corrected chi connectivity index (χ2v) is 11.2. The molecule has 45 heavy (non-hydrogen) atoms. The number of fused-ring (bicyclic) bond motifs is 10. The Bertz CT molecular complexity index is 2770. The zero-order valence-electron chi connectivity index (χ0n) is 23.8. The number of benzene rings is 6. The van der Waals surface area contributed by atoms with E-state index >= 15 is 0 Å². The largest absolute Gasteiger partial charge is 0.456 e. The molecule has 0 atom stereocenters. The normalized spacial score (nSPS) is 12.0. The predicted molar refractivity (Wildman–Crippen MR) is 180 cm³/mol. The highest BCUT2D eigenvalue weighted by Crippen LogP contribution is 2.41. The van der Waals surface area contributed by atoms with Crippen LogP contribution in [0.2, 0.25) is 0 Å². The standard InChI is InChI=1S/C39H22N4O2/c1-2-11-23(12-3-1)37-40-38(29-17-10-16-27-25-14-5-8-19-31(25)45-36(27)29)42-39(41-37)43-30-18-7-4-13-24(30)26-21-22-33-34(35(26)43)28-15-6-9-20-32(28)44-33/h1-22H. The summed E-state index contributed by atoms with van der Waals surface area (Å²) in [6.45, 7) is 0. The van der Waals surface area contributed by atoms with Gasteiger partial charge in [-0.05, 0) is 36.4 Å². The summed E-state index contributed by atoms with van der Waals surface area (Å²) in [7, 11) is 0. The van der Waals surface area contributed by atoms with E-state index in [1.807, 2.05) is 78.9 Å². The maximum Gasteiger partial charge on any atom is 0.238 e. The minimum atomic E-state index is 0.524. The Morgan fingerprint density at radius 3 is 2.00 bits per heavy atom. The van der Waals surface area contributed by atoms with Crippen molar-refractivity contribution in [1.82, 2.24) is 19.5 Å².